The number of hydrogen-bond acceptors (Lipinski definition) is 2. The molecule has 0 amide bonds. The molecular formula is C7H11NO. The van der Waals surface area contributed by atoms with Gasteiger partial charge in [0.15, 0.2) is 5.78 Å². The van der Waals surface area contributed by atoms with E-state index in [0.29, 0.717) is 5.78 Å². The van der Waals surface area contributed by atoms with Crippen molar-refractivity contribution in [2.24, 2.45) is 0 Å². The molecule has 1 aliphatic rings. The van der Waals surface area contributed by atoms with Gasteiger partial charge in [-0.15, -0.1) is 0 Å². The van der Waals surface area contributed by atoms with Crippen LogP contribution in [0.1, 0.15) is 12.8 Å². The van der Waals surface area contributed by atoms with E-state index in [9.17, 15) is 4.79 Å². The predicted molar refractivity (Wildman–Crippen MR) is 36.3 cm³/mol. The summed E-state index contributed by atoms with van der Waals surface area (Å²) in [5.74, 6) is 0.310. The van der Waals surface area contributed by atoms with Crippen molar-refractivity contribution in [3.63, 3.8) is 0 Å². The average Bonchev–Trinajstić information content (AvgIpc) is 2.18. The van der Waals surface area contributed by atoms with Crippen LogP contribution in [0.15, 0.2) is 11.6 Å². The lowest BCUT2D eigenvalue weighted by molar-refractivity contribution is -0.114. The smallest absolute Gasteiger partial charge is 0.160 e. The fourth-order valence-electron chi connectivity index (χ4n) is 1.01. The topological polar surface area (TPSA) is 29.1 Å². The Morgan fingerprint density at radius 3 is 3.00 bits per heavy atom. The van der Waals surface area contributed by atoms with E-state index in [-0.39, 0.29) is 0 Å². The molecule has 1 N–H and O–H groups in total. The molecule has 1 aliphatic carbocycles. The van der Waals surface area contributed by atoms with Gasteiger partial charge in [-0.1, -0.05) is 6.08 Å². The molecule has 0 aliphatic heterocycles. The summed E-state index contributed by atoms with van der Waals surface area (Å²) in [5, 5.41) is 2.95. The predicted octanol–water partition coefficient (Wildman–Crippen LogP) is 0.495. The van der Waals surface area contributed by atoms with Crippen molar-refractivity contribution < 1.29 is 4.79 Å². The lowest BCUT2D eigenvalue weighted by Gasteiger charge is -1.95. The molecule has 50 valence electrons. The number of allylic oxidation sites excluding steroid dienone is 1. The summed E-state index contributed by atoms with van der Waals surface area (Å²) in [5.41, 5.74) is 0.956. The van der Waals surface area contributed by atoms with Gasteiger partial charge in [0.2, 0.25) is 0 Å². The van der Waals surface area contributed by atoms with Gasteiger partial charge in [-0.2, -0.15) is 0 Å². The molecule has 0 fully saturated rings. The molecule has 0 bridgehead atoms. The van der Waals surface area contributed by atoms with E-state index in [0.717, 1.165) is 25.0 Å². The number of hydrogen-bond donors (Lipinski definition) is 1. The summed E-state index contributed by atoms with van der Waals surface area (Å²) in [6.07, 6.45) is 3.67. The SMILES string of the molecule is CNCC1=CCCC1=O. The monoisotopic (exact) mass is 125 g/mol. The van der Waals surface area contributed by atoms with Crippen molar-refractivity contribution in [3.8, 4) is 0 Å². The fraction of sp³-hybridized carbons (Fsp3) is 0.571. The first-order chi connectivity index (χ1) is 4.34. The van der Waals surface area contributed by atoms with E-state index in [2.05, 4.69) is 5.32 Å². The largest absolute Gasteiger partial charge is 0.316 e. The summed E-state index contributed by atoms with van der Waals surface area (Å²) in [7, 11) is 1.85. The molecule has 0 aromatic heterocycles. The van der Waals surface area contributed by atoms with Crippen molar-refractivity contribution in [1.82, 2.24) is 5.32 Å². The quantitative estimate of drug-likeness (QED) is 0.582. The second-order valence-electron chi connectivity index (χ2n) is 2.22. The van der Waals surface area contributed by atoms with Crippen molar-refractivity contribution >= 4 is 5.78 Å². The average molecular weight is 125 g/mol. The number of nitrogens with one attached hydrogen (secondary N) is 1. The Kier molecular flexibility index (Phi) is 2.01. The molecule has 2 nitrogen and oxygen atoms in total. The van der Waals surface area contributed by atoms with Gasteiger partial charge in [0, 0.05) is 18.5 Å². The Morgan fingerprint density at radius 2 is 2.56 bits per heavy atom. The van der Waals surface area contributed by atoms with Gasteiger partial charge in [0.05, 0.1) is 0 Å². The lowest BCUT2D eigenvalue weighted by Crippen LogP contribution is -2.13. The molecule has 9 heavy (non-hydrogen) atoms. The van der Waals surface area contributed by atoms with E-state index < -0.39 is 0 Å². The van der Waals surface area contributed by atoms with Gasteiger partial charge >= 0.3 is 0 Å². The normalized spacial score (nSPS) is 18.3. The van der Waals surface area contributed by atoms with E-state index in [1.165, 1.54) is 0 Å². The highest BCUT2D eigenvalue weighted by atomic mass is 16.1. The summed E-state index contributed by atoms with van der Waals surface area (Å²) >= 11 is 0. The summed E-state index contributed by atoms with van der Waals surface area (Å²) in [6.45, 7) is 0.735. The Hall–Kier alpha value is -0.630. The maximum Gasteiger partial charge on any atom is 0.160 e. The number of ketones is 1. The van der Waals surface area contributed by atoms with Crippen LogP contribution in [-0.4, -0.2) is 19.4 Å². The standard InChI is InChI=1S/C7H11NO/c1-8-5-6-3-2-4-7(6)9/h3,8H,2,4-5H2,1H3. The maximum absolute atomic E-state index is 10.9. The lowest BCUT2D eigenvalue weighted by atomic mass is 10.2. The first-order valence-electron chi connectivity index (χ1n) is 3.21. The summed E-state index contributed by atoms with van der Waals surface area (Å²) in [6, 6.07) is 0. The van der Waals surface area contributed by atoms with Crippen LogP contribution in [0.25, 0.3) is 0 Å². The number of carbonyl (C=O) groups is 1. The molecule has 0 spiro atoms. The van der Waals surface area contributed by atoms with E-state index in [1.54, 1.807) is 0 Å². The molecule has 0 aromatic rings. The van der Waals surface area contributed by atoms with Crippen LogP contribution in [0.3, 0.4) is 0 Å². The second kappa shape index (κ2) is 2.78. The summed E-state index contributed by atoms with van der Waals surface area (Å²) in [4.78, 5) is 10.9. The highest BCUT2D eigenvalue weighted by Crippen LogP contribution is 2.11. The minimum atomic E-state index is 0.310. The second-order valence-corrected chi connectivity index (χ2v) is 2.22. The third-order valence-corrected chi connectivity index (χ3v) is 1.49. The third kappa shape index (κ3) is 1.39. The van der Waals surface area contributed by atoms with Crippen LogP contribution in [-0.2, 0) is 4.79 Å². The number of Topliss-reactive ketones (excluding diaryl/α,β-unsaturated/α-hetero) is 1. The van der Waals surface area contributed by atoms with E-state index >= 15 is 0 Å². The van der Waals surface area contributed by atoms with Gasteiger partial charge in [-0.05, 0) is 13.5 Å². The van der Waals surface area contributed by atoms with Crippen molar-refractivity contribution in [2.45, 2.75) is 12.8 Å². The van der Waals surface area contributed by atoms with E-state index in [1.807, 2.05) is 13.1 Å². The Balaban J connectivity index is 2.47. The van der Waals surface area contributed by atoms with Gasteiger partial charge in [0.25, 0.3) is 0 Å². The third-order valence-electron chi connectivity index (χ3n) is 1.49. The molecule has 0 unspecified atom stereocenters. The first-order valence-corrected chi connectivity index (χ1v) is 3.21. The van der Waals surface area contributed by atoms with Crippen molar-refractivity contribution in [2.75, 3.05) is 13.6 Å². The molecule has 1 rings (SSSR count). The molecule has 0 atom stereocenters. The highest BCUT2D eigenvalue weighted by molar-refractivity contribution is 5.97. The minimum absolute atomic E-state index is 0.310. The van der Waals surface area contributed by atoms with Gasteiger partial charge in [0.1, 0.15) is 0 Å². The molecule has 0 radical (unpaired) electrons. The van der Waals surface area contributed by atoms with Gasteiger partial charge < -0.3 is 5.32 Å². The van der Waals surface area contributed by atoms with Crippen molar-refractivity contribution in [1.29, 1.82) is 0 Å². The number of likely N-dealkylation sites (N-methyl/N-ethyl adjacent to an activating group) is 1. The van der Waals surface area contributed by atoms with Crippen LogP contribution < -0.4 is 5.32 Å². The number of rotatable bonds is 2. The Morgan fingerprint density at radius 1 is 1.78 bits per heavy atom. The Bertz CT molecular complexity index is 149. The zero-order valence-electron chi connectivity index (χ0n) is 5.61. The highest BCUT2D eigenvalue weighted by Gasteiger charge is 2.12. The van der Waals surface area contributed by atoms with Crippen molar-refractivity contribution in [3.05, 3.63) is 11.6 Å². The van der Waals surface area contributed by atoms with E-state index in [4.69, 9.17) is 0 Å². The van der Waals surface area contributed by atoms with Gasteiger partial charge in [-0.25, -0.2) is 0 Å². The zero-order valence-corrected chi connectivity index (χ0v) is 5.61. The Labute approximate surface area is 54.9 Å². The van der Waals surface area contributed by atoms with Crippen LogP contribution in [0.5, 0.6) is 0 Å². The fourth-order valence-corrected chi connectivity index (χ4v) is 1.01. The first kappa shape index (κ1) is 6.49. The van der Waals surface area contributed by atoms with Gasteiger partial charge in [-0.3, -0.25) is 4.79 Å². The molecule has 0 saturated carbocycles. The molecular weight excluding hydrogens is 114 g/mol. The van der Waals surface area contributed by atoms with Crippen LogP contribution in [0.4, 0.5) is 0 Å². The number of carbonyl (C=O) groups excluding carboxylic acids is 1. The maximum atomic E-state index is 10.9. The molecule has 0 heterocycles. The molecule has 0 aromatic carbocycles. The summed E-state index contributed by atoms with van der Waals surface area (Å²) < 4.78 is 0. The zero-order chi connectivity index (χ0) is 6.69. The van der Waals surface area contributed by atoms with Crippen LogP contribution in [0, 0.1) is 0 Å². The minimum Gasteiger partial charge on any atom is -0.316 e. The molecule has 2 heteroatoms. The van der Waals surface area contributed by atoms with Crippen LogP contribution in [0.2, 0.25) is 0 Å². The molecule has 0 saturated heterocycles. The van der Waals surface area contributed by atoms with Crippen LogP contribution >= 0.6 is 0 Å².